The second-order valence-corrected chi connectivity index (χ2v) is 6.54. The Bertz CT molecular complexity index is 676. The van der Waals surface area contributed by atoms with Crippen LogP contribution in [0, 0.1) is 0 Å². The van der Waals surface area contributed by atoms with E-state index in [2.05, 4.69) is 20.6 Å². The highest BCUT2D eigenvalue weighted by Crippen LogP contribution is 2.20. The average molecular weight is 342 g/mol. The van der Waals surface area contributed by atoms with Gasteiger partial charge in [-0.3, -0.25) is 0 Å². The van der Waals surface area contributed by atoms with Crippen molar-refractivity contribution in [3.8, 4) is 11.1 Å². The zero-order valence-corrected chi connectivity index (χ0v) is 15.0. The number of urea groups is 1. The fraction of sp³-hybridized carbons (Fsp3) is 0.421. The number of benzene rings is 1. The lowest BCUT2D eigenvalue weighted by Gasteiger charge is -2.29. The molecule has 0 saturated carbocycles. The lowest BCUT2D eigenvalue weighted by Crippen LogP contribution is -2.52. The van der Waals surface area contributed by atoms with Crippen molar-refractivity contribution in [2.75, 3.05) is 6.61 Å². The van der Waals surface area contributed by atoms with Gasteiger partial charge in [0.1, 0.15) is 6.33 Å². The van der Waals surface area contributed by atoms with Crippen molar-refractivity contribution in [2.24, 2.45) is 0 Å². The number of nitrogens with zero attached hydrogens (tertiary/aromatic N) is 2. The Morgan fingerprint density at radius 1 is 1.20 bits per heavy atom. The molecule has 1 aromatic carbocycles. The number of aliphatic hydroxyl groups excluding tert-OH is 1. The molecule has 0 spiro atoms. The van der Waals surface area contributed by atoms with Crippen LogP contribution in [0.2, 0.25) is 0 Å². The topological polar surface area (TPSA) is 87.1 Å². The normalized spacial score (nSPS) is 14.4. The Morgan fingerprint density at radius 2 is 1.84 bits per heavy atom. The summed E-state index contributed by atoms with van der Waals surface area (Å²) in [6.07, 6.45) is 6.64. The fourth-order valence-corrected chi connectivity index (χ4v) is 2.74. The molecule has 25 heavy (non-hydrogen) atoms. The predicted octanol–water partition coefficient (Wildman–Crippen LogP) is 3.05. The van der Waals surface area contributed by atoms with Crippen LogP contribution >= 0.6 is 0 Å². The minimum Gasteiger partial charge on any atom is -0.394 e. The van der Waals surface area contributed by atoms with E-state index in [-0.39, 0.29) is 18.7 Å². The van der Waals surface area contributed by atoms with Crippen molar-refractivity contribution in [3.05, 3.63) is 48.5 Å². The molecule has 3 N–H and O–H groups in total. The minimum absolute atomic E-state index is 0.0868. The summed E-state index contributed by atoms with van der Waals surface area (Å²) in [6.45, 7) is 5.71. The first-order chi connectivity index (χ1) is 12.0. The van der Waals surface area contributed by atoms with Crippen LogP contribution in [-0.4, -0.2) is 33.3 Å². The van der Waals surface area contributed by atoms with Gasteiger partial charge in [0.25, 0.3) is 0 Å². The van der Waals surface area contributed by atoms with E-state index in [1.54, 1.807) is 12.4 Å². The van der Waals surface area contributed by atoms with Gasteiger partial charge in [0, 0.05) is 18.0 Å². The molecule has 0 unspecified atom stereocenters. The molecule has 1 heterocycles. The van der Waals surface area contributed by atoms with E-state index >= 15 is 0 Å². The van der Waals surface area contributed by atoms with Crippen LogP contribution in [0.5, 0.6) is 0 Å². The maximum absolute atomic E-state index is 12.2. The minimum atomic E-state index is -0.601. The summed E-state index contributed by atoms with van der Waals surface area (Å²) in [5, 5.41) is 15.3. The Balaban J connectivity index is 1.98. The Kier molecular flexibility index (Phi) is 6.47. The van der Waals surface area contributed by atoms with Gasteiger partial charge in [-0.1, -0.05) is 37.6 Å². The van der Waals surface area contributed by atoms with E-state index in [1.807, 2.05) is 45.0 Å². The van der Waals surface area contributed by atoms with E-state index in [1.165, 1.54) is 6.33 Å². The molecule has 1 aromatic heterocycles. The Morgan fingerprint density at radius 3 is 2.40 bits per heavy atom. The summed E-state index contributed by atoms with van der Waals surface area (Å²) in [4.78, 5) is 20.3. The van der Waals surface area contributed by atoms with Crippen molar-refractivity contribution >= 4 is 6.03 Å². The molecule has 0 aliphatic heterocycles. The molecule has 0 aliphatic rings. The third-order valence-electron chi connectivity index (χ3n) is 4.22. The number of rotatable bonds is 7. The number of nitrogens with one attached hydrogen (secondary N) is 2. The highest BCUT2D eigenvalue weighted by molar-refractivity contribution is 5.75. The summed E-state index contributed by atoms with van der Waals surface area (Å²) in [5.41, 5.74) is 2.37. The van der Waals surface area contributed by atoms with E-state index in [0.29, 0.717) is 0 Å². The lowest BCUT2D eigenvalue weighted by atomic mass is 9.97. The van der Waals surface area contributed by atoms with Gasteiger partial charge >= 0.3 is 6.03 Å². The van der Waals surface area contributed by atoms with Gasteiger partial charge in [0.15, 0.2) is 0 Å². The van der Waals surface area contributed by atoms with Crippen LogP contribution in [0.1, 0.15) is 45.2 Å². The SMILES string of the molecule is CCC[C@](C)(CO)NC(=O)N[C@@H](C)c1ccc(-c2cncnc2)cc1. The molecule has 0 saturated heterocycles. The third-order valence-corrected chi connectivity index (χ3v) is 4.22. The number of carbonyl (C=O) groups is 1. The molecular weight excluding hydrogens is 316 g/mol. The van der Waals surface area contributed by atoms with Crippen LogP contribution in [0.15, 0.2) is 43.0 Å². The van der Waals surface area contributed by atoms with Gasteiger partial charge in [0.05, 0.1) is 18.2 Å². The van der Waals surface area contributed by atoms with Gasteiger partial charge < -0.3 is 15.7 Å². The van der Waals surface area contributed by atoms with Crippen molar-refractivity contribution in [2.45, 2.75) is 45.2 Å². The van der Waals surface area contributed by atoms with Gasteiger partial charge in [-0.05, 0) is 31.4 Å². The van der Waals surface area contributed by atoms with E-state index in [9.17, 15) is 9.90 Å². The molecule has 6 nitrogen and oxygen atoms in total. The highest BCUT2D eigenvalue weighted by atomic mass is 16.3. The highest BCUT2D eigenvalue weighted by Gasteiger charge is 2.25. The smallest absolute Gasteiger partial charge is 0.315 e. The van der Waals surface area contributed by atoms with Gasteiger partial charge in [-0.2, -0.15) is 0 Å². The van der Waals surface area contributed by atoms with Crippen molar-refractivity contribution in [1.29, 1.82) is 0 Å². The first kappa shape index (κ1) is 18.9. The fourth-order valence-electron chi connectivity index (χ4n) is 2.74. The zero-order chi connectivity index (χ0) is 18.3. The molecular formula is C19H26N4O2. The number of aromatic nitrogens is 2. The Labute approximate surface area is 148 Å². The second-order valence-electron chi connectivity index (χ2n) is 6.54. The van der Waals surface area contributed by atoms with Crippen LogP contribution < -0.4 is 10.6 Å². The number of amides is 2. The van der Waals surface area contributed by atoms with E-state index < -0.39 is 5.54 Å². The van der Waals surface area contributed by atoms with Crippen LogP contribution in [0.25, 0.3) is 11.1 Å². The van der Waals surface area contributed by atoms with Gasteiger partial charge in [0.2, 0.25) is 0 Å². The van der Waals surface area contributed by atoms with Crippen molar-refractivity contribution in [3.63, 3.8) is 0 Å². The summed E-state index contributed by atoms with van der Waals surface area (Å²) in [5.74, 6) is 0. The third kappa shape index (κ3) is 5.26. The number of aliphatic hydroxyl groups is 1. The van der Waals surface area contributed by atoms with Crippen LogP contribution in [-0.2, 0) is 0 Å². The maximum atomic E-state index is 12.2. The van der Waals surface area contributed by atoms with Gasteiger partial charge in [-0.15, -0.1) is 0 Å². The van der Waals surface area contributed by atoms with Crippen LogP contribution in [0.4, 0.5) is 4.79 Å². The van der Waals surface area contributed by atoms with Crippen LogP contribution in [0.3, 0.4) is 0 Å². The maximum Gasteiger partial charge on any atom is 0.315 e. The van der Waals surface area contributed by atoms with Gasteiger partial charge in [-0.25, -0.2) is 14.8 Å². The largest absolute Gasteiger partial charge is 0.394 e. The molecule has 2 atom stereocenters. The molecule has 2 amide bonds. The van der Waals surface area contributed by atoms with E-state index in [0.717, 1.165) is 29.5 Å². The molecule has 6 heteroatoms. The van der Waals surface area contributed by atoms with Crippen molar-refractivity contribution in [1.82, 2.24) is 20.6 Å². The molecule has 0 fully saturated rings. The number of hydrogen-bond donors (Lipinski definition) is 3. The average Bonchev–Trinajstić information content (AvgIpc) is 2.62. The first-order valence-electron chi connectivity index (χ1n) is 8.52. The predicted molar refractivity (Wildman–Crippen MR) is 97.9 cm³/mol. The molecule has 2 rings (SSSR count). The number of carbonyl (C=O) groups excluding carboxylic acids is 1. The summed E-state index contributed by atoms with van der Waals surface area (Å²) in [6, 6.07) is 7.50. The lowest BCUT2D eigenvalue weighted by molar-refractivity contribution is 0.162. The summed E-state index contributed by atoms with van der Waals surface area (Å²) >= 11 is 0. The number of hydrogen-bond acceptors (Lipinski definition) is 4. The second kappa shape index (κ2) is 8.58. The Hall–Kier alpha value is -2.47. The summed E-state index contributed by atoms with van der Waals surface area (Å²) in [7, 11) is 0. The quantitative estimate of drug-likeness (QED) is 0.722. The molecule has 2 aromatic rings. The molecule has 134 valence electrons. The first-order valence-corrected chi connectivity index (χ1v) is 8.52. The standard InChI is InChI=1S/C19H26N4O2/c1-4-9-19(3,12-24)23-18(25)22-14(2)15-5-7-16(8-6-15)17-10-20-13-21-11-17/h5-8,10-11,13-14,24H,4,9,12H2,1-3H3,(H2,22,23,25)/t14-,19+/m0/s1. The summed E-state index contributed by atoms with van der Waals surface area (Å²) < 4.78 is 0. The monoisotopic (exact) mass is 342 g/mol. The molecule has 0 bridgehead atoms. The van der Waals surface area contributed by atoms with E-state index in [4.69, 9.17) is 0 Å². The van der Waals surface area contributed by atoms with Crippen molar-refractivity contribution < 1.29 is 9.90 Å². The zero-order valence-electron chi connectivity index (χ0n) is 15.0. The molecule has 0 aliphatic carbocycles. The molecule has 0 radical (unpaired) electrons.